The molecule has 0 aromatic rings. The summed E-state index contributed by atoms with van der Waals surface area (Å²) in [4.78, 5) is 17.3. The molecule has 0 unspecified atom stereocenters. The Morgan fingerprint density at radius 3 is 2.52 bits per heavy atom. The first-order valence-electron chi connectivity index (χ1n) is 9.39. The third kappa shape index (κ3) is 4.24. The van der Waals surface area contributed by atoms with Gasteiger partial charge in [0.2, 0.25) is 5.91 Å². The summed E-state index contributed by atoms with van der Waals surface area (Å²) in [6.07, 6.45) is 9.99. The summed E-state index contributed by atoms with van der Waals surface area (Å²) < 4.78 is 0. The lowest BCUT2D eigenvalue weighted by molar-refractivity contribution is -0.124. The molecule has 128 valence electrons. The van der Waals surface area contributed by atoms with Gasteiger partial charge in [-0.1, -0.05) is 19.3 Å². The molecule has 5 nitrogen and oxygen atoms in total. The molecule has 2 saturated heterocycles. The highest BCUT2D eigenvalue weighted by Gasteiger charge is 2.34. The van der Waals surface area contributed by atoms with Gasteiger partial charge in [-0.2, -0.15) is 5.26 Å². The standard InChI is InChI=1S/C18H30N4O/c19-15-18(8-2-1-3-9-18)20-17(23)14-21-10-6-7-16(13-21)22-11-4-5-12-22/h16H,1-14H2,(H,20,23)/t16-/m1/s1. The molecule has 2 heterocycles. The number of carbonyl (C=O) groups excluding carboxylic acids is 1. The van der Waals surface area contributed by atoms with Gasteiger partial charge in [-0.05, 0) is 58.2 Å². The highest BCUT2D eigenvalue weighted by Crippen LogP contribution is 2.27. The van der Waals surface area contributed by atoms with E-state index in [1.807, 2.05) is 0 Å². The normalized spacial score (nSPS) is 29.1. The molecule has 0 aromatic carbocycles. The van der Waals surface area contributed by atoms with E-state index in [2.05, 4.69) is 21.2 Å². The zero-order valence-corrected chi connectivity index (χ0v) is 14.2. The molecule has 0 spiro atoms. The van der Waals surface area contributed by atoms with Crippen molar-refractivity contribution in [1.29, 1.82) is 5.26 Å². The molecule has 3 rings (SSSR count). The van der Waals surface area contributed by atoms with Crippen molar-refractivity contribution in [3.05, 3.63) is 0 Å². The van der Waals surface area contributed by atoms with Crippen LogP contribution >= 0.6 is 0 Å². The summed E-state index contributed by atoms with van der Waals surface area (Å²) >= 11 is 0. The molecule has 1 saturated carbocycles. The van der Waals surface area contributed by atoms with Gasteiger partial charge in [0.15, 0.2) is 0 Å². The molecular formula is C18H30N4O. The second-order valence-electron chi connectivity index (χ2n) is 7.58. The number of nitriles is 1. The van der Waals surface area contributed by atoms with E-state index in [9.17, 15) is 10.1 Å². The van der Waals surface area contributed by atoms with Crippen molar-refractivity contribution in [3.63, 3.8) is 0 Å². The van der Waals surface area contributed by atoms with Crippen LogP contribution in [0.1, 0.15) is 57.8 Å². The van der Waals surface area contributed by atoms with Gasteiger partial charge >= 0.3 is 0 Å². The highest BCUT2D eigenvalue weighted by atomic mass is 16.2. The third-order valence-corrected chi connectivity index (χ3v) is 5.80. The molecular weight excluding hydrogens is 288 g/mol. The Balaban J connectivity index is 1.49. The fourth-order valence-electron chi connectivity index (χ4n) is 4.51. The van der Waals surface area contributed by atoms with E-state index in [1.165, 1.54) is 45.2 Å². The lowest BCUT2D eigenvalue weighted by Crippen LogP contribution is -2.54. The molecule has 0 bridgehead atoms. The van der Waals surface area contributed by atoms with Crippen molar-refractivity contribution < 1.29 is 4.79 Å². The van der Waals surface area contributed by atoms with E-state index in [1.54, 1.807) is 0 Å². The summed E-state index contributed by atoms with van der Waals surface area (Å²) in [5, 5.41) is 12.6. The van der Waals surface area contributed by atoms with E-state index < -0.39 is 5.54 Å². The molecule has 0 aromatic heterocycles. The average molecular weight is 318 g/mol. The Labute approximate surface area is 140 Å². The van der Waals surface area contributed by atoms with Crippen LogP contribution < -0.4 is 5.32 Å². The van der Waals surface area contributed by atoms with Gasteiger partial charge in [0.05, 0.1) is 12.6 Å². The fraction of sp³-hybridized carbons (Fsp3) is 0.889. The second-order valence-corrected chi connectivity index (χ2v) is 7.58. The van der Waals surface area contributed by atoms with Crippen molar-refractivity contribution in [1.82, 2.24) is 15.1 Å². The summed E-state index contributed by atoms with van der Waals surface area (Å²) in [6.45, 7) is 4.92. The summed E-state index contributed by atoms with van der Waals surface area (Å²) in [5.74, 6) is 0.0375. The Morgan fingerprint density at radius 1 is 1.09 bits per heavy atom. The van der Waals surface area contributed by atoms with E-state index in [4.69, 9.17) is 0 Å². The number of nitrogens with one attached hydrogen (secondary N) is 1. The number of rotatable bonds is 4. The molecule has 5 heteroatoms. The monoisotopic (exact) mass is 318 g/mol. The zero-order valence-electron chi connectivity index (χ0n) is 14.2. The van der Waals surface area contributed by atoms with Gasteiger partial charge in [0.25, 0.3) is 0 Å². The van der Waals surface area contributed by atoms with Gasteiger partial charge in [0.1, 0.15) is 5.54 Å². The molecule has 1 atom stereocenters. The van der Waals surface area contributed by atoms with Gasteiger partial charge < -0.3 is 5.32 Å². The van der Waals surface area contributed by atoms with Crippen molar-refractivity contribution in [3.8, 4) is 6.07 Å². The Bertz CT molecular complexity index is 446. The van der Waals surface area contributed by atoms with Gasteiger partial charge in [-0.15, -0.1) is 0 Å². The van der Waals surface area contributed by atoms with Crippen LogP contribution in [0.2, 0.25) is 0 Å². The highest BCUT2D eigenvalue weighted by molar-refractivity contribution is 5.79. The van der Waals surface area contributed by atoms with Gasteiger partial charge in [0, 0.05) is 12.6 Å². The summed E-state index contributed by atoms with van der Waals surface area (Å²) in [5.41, 5.74) is -0.598. The lowest BCUT2D eigenvalue weighted by Gasteiger charge is -2.38. The van der Waals surface area contributed by atoms with Crippen LogP contribution in [0.25, 0.3) is 0 Å². The smallest absolute Gasteiger partial charge is 0.235 e. The maximum Gasteiger partial charge on any atom is 0.235 e. The Hall–Kier alpha value is -1.12. The van der Waals surface area contributed by atoms with E-state index in [0.717, 1.165) is 38.8 Å². The predicted octanol–water partition coefficient (Wildman–Crippen LogP) is 1.89. The first kappa shape index (κ1) is 16.7. The zero-order chi connectivity index (χ0) is 16.1. The Kier molecular flexibility index (Phi) is 5.55. The van der Waals surface area contributed by atoms with Crippen molar-refractivity contribution in [2.75, 3.05) is 32.7 Å². The molecule has 0 radical (unpaired) electrons. The van der Waals surface area contributed by atoms with Crippen molar-refractivity contribution in [2.45, 2.75) is 69.4 Å². The largest absolute Gasteiger partial charge is 0.337 e. The quantitative estimate of drug-likeness (QED) is 0.860. The molecule has 1 amide bonds. The molecule has 3 fully saturated rings. The molecule has 1 N–H and O–H groups in total. The second kappa shape index (κ2) is 7.63. The number of hydrogen-bond acceptors (Lipinski definition) is 4. The van der Waals surface area contributed by atoms with E-state index in [0.29, 0.717) is 12.6 Å². The SMILES string of the molecule is N#CC1(NC(=O)CN2CCC[C@@H](N3CCCC3)C2)CCCCC1. The van der Waals surface area contributed by atoms with Crippen LogP contribution in [0.15, 0.2) is 0 Å². The van der Waals surface area contributed by atoms with E-state index in [-0.39, 0.29) is 5.91 Å². The maximum absolute atomic E-state index is 12.5. The van der Waals surface area contributed by atoms with Crippen LogP contribution in [0.4, 0.5) is 0 Å². The summed E-state index contributed by atoms with van der Waals surface area (Å²) in [7, 11) is 0. The molecule has 2 aliphatic heterocycles. The Morgan fingerprint density at radius 2 is 1.83 bits per heavy atom. The van der Waals surface area contributed by atoms with E-state index >= 15 is 0 Å². The molecule has 3 aliphatic rings. The number of carbonyl (C=O) groups is 1. The minimum atomic E-state index is -0.598. The first-order valence-corrected chi connectivity index (χ1v) is 9.39. The van der Waals surface area contributed by atoms with Crippen LogP contribution in [0.3, 0.4) is 0 Å². The fourth-order valence-corrected chi connectivity index (χ4v) is 4.51. The maximum atomic E-state index is 12.5. The van der Waals surface area contributed by atoms with Crippen LogP contribution in [-0.2, 0) is 4.79 Å². The molecule has 23 heavy (non-hydrogen) atoms. The number of amides is 1. The topological polar surface area (TPSA) is 59.4 Å². The minimum absolute atomic E-state index is 0.0375. The van der Waals surface area contributed by atoms with Gasteiger partial charge in [-0.25, -0.2) is 0 Å². The van der Waals surface area contributed by atoms with Crippen molar-refractivity contribution >= 4 is 5.91 Å². The van der Waals surface area contributed by atoms with Gasteiger partial charge in [-0.3, -0.25) is 14.6 Å². The van der Waals surface area contributed by atoms with Crippen LogP contribution in [0.5, 0.6) is 0 Å². The predicted molar refractivity (Wildman–Crippen MR) is 89.8 cm³/mol. The number of piperidine rings is 1. The lowest BCUT2D eigenvalue weighted by atomic mass is 9.83. The van der Waals surface area contributed by atoms with Crippen molar-refractivity contribution in [2.24, 2.45) is 0 Å². The third-order valence-electron chi connectivity index (χ3n) is 5.80. The van der Waals surface area contributed by atoms with Crippen LogP contribution in [-0.4, -0.2) is 60.0 Å². The number of hydrogen-bond donors (Lipinski definition) is 1. The summed E-state index contributed by atoms with van der Waals surface area (Å²) in [6, 6.07) is 3.00. The number of likely N-dealkylation sites (tertiary alicyclic amines) is 2. The number of nitrogens with zero attached hydrogens (tertiary/aromatic N) is 3. The van der Waals surface area contributed by atoms with Crippen LogP contribution in [0, 0.1) is 11.3 Å². The molecule has 1 aliphatic carbocycles. The first-order chi connectivity index (χ1) is 11.2. The minimum Gasteiger partial charge on any atom is -0.337 e. The average Bonchev–Trinajstić information content (AvgIpc) is 3.10.